The highest BCUT2D eigenvalue weighted by Gasteiger charge is 2.40. The lowest BCUT2D eigenvalue weighted by atomic mass is 10.2. The van der Waals surface area contributed by atoms with Crippen LogP contribution in [0, 0.1) is 10.1 Å². The van der Waals surface area contributed by atoms with Gasteiger partial charge in [-0.3, -0.25) is 14.8 Å². The van der Waals surface area contributed by atoms with Gasteiger partial charge in [-0.15, -0.1) is 0 Å². The van der Waals surface area contributed by atoms with E-state index in [2.05, 4.69) is 5.10 Å². The van der Waals surface area contributed by atoms with Gasteiger partial charge in [-0.05, 0) is 18.9 Å². The second-order valence-corrected chi connectivity index (χ2v) is 5.08. The van der Waals surface area contributed by atoms with E-state index in [0.29, 0.717) is 17.4 Å². The Morgan fingerprint density at radius 1 is 1.56 bits per heavy atom. The summed E-state index contributed by atoms with van der Waals surface area (Å²) in [4.78, 5) is 10.2. The van der Waals surface area contributed by atoms with Crippen LogP contribution in [0.5, 0.6) is 0 Å². The lowest BCUT2D eigenvalue weighted by molar-refractivity contribution is -0.384. The molecule has 0 bridgehead atoms. The van der Waals surface area contributed by atoms with E-state index in [9.17, 15) is 15.2 Å². The van der Waals surface area contributed by atoms with Gasteiger partial charge in [-0.25, -0.2) is 0 Å². The molecule has 6 nitrogen and oxygen atoms in total. The van der Waals surface area contributed by atoms with Crippen LogP contribution in [0.2, 0.25) is 5.02 Å². The van der Waals surface area contributed by atoms with E-state index < -0.39 is 10.5 Å². The van der Waals surface area contributed by atoms with Crippen LogP contribution in [-0.4, -0.2) is 25.4 Å². The lowest BCUT2D eigenvalue weighted by Gasteiger charge is -2.05. The molecule has 18 heavy (non-hydrogen) atoms. The third-order valence-corrected chi connectivity index (χ3v) is 3.40. The van der Waals surface area contributed by atoms with Gasteiger partial charge >= 0.3 is 0 Å². The lowest BCUT2D eigenvalue weighted by Crippen LogP contribution is -2.16. The summed E-state index contributed by atoms with van der Waals surface area (Å²) in [5, 5.41) is 25.5. The Labute approximate surface area is 107 Å². The number of nitrogens with zero attached hydrogens (tertiary/aromatic N) is 3. The summed E-state index contributed by atoms with van der Waals surface area (Å²) < 4.78 is 1.61. The molecule has 1 aliphatic carbocycles. The van der Waals surface area contributed by atoms with Crippen molar-refractivity contribution < 1.29 is 10.0 Å². The largest absolute Gasteiger partial charge is 0.388 e. The second-order valence-electron chi connectivity index (χ2n) is 4.67. The summed E-state index contributed by atoms with van der Waals surface area (Å²) in [6.07, 6.45) is 3.23. The molecule has 1 aliphatic rings. The molecule has 0 amide bonds. The minimum absolute atomic E-state index is 0.0721. The third kappa shape index (κ3) is 1.93. The molecule has 3 rings (SSSR count). The van der Waals surface area contributed by atoms with Crippen molar-refractivity contribution in [2.75, 3.05) is 0 Å². The summed E-state index contributed by atoms with van der Waals surface area (Å²) in [5.74, 6) is 0. The van der Waals surface area contributed by atoms with Gasteiger partial charge < -0.3 is 5.11 Å². The molecule has 94 valence electrons. The Morgan fingerprint density at radius 3 is 2.89 bits per heavy atom. The smallest absolute Gasteiger partial charge is 0.288 e. The second kappa shape index (κ2) is 3.66. The Hall–Kier alpha value is -1.66. The summed E-state index contributed by atoms with van der Waals surface area (Å²) in [6.45, 7) is 0.410. The van der Waals surface area contributed by atoms with Crippen molar-refractivity contribution in [3.8, 4) is 0 Å². The normalized spacial score (nSPS) is 17.0. The molecule has 0 radical (unpaired) electrons. The molecular weight excluding hydrogens is 258 g/mol. The van der Waals surface area contributed by atoms with Gasteiger partial charge in [0.2, 0.25) is 0 Å². The number of rotatable bonds is 3. The van der Waals surface area contributed by atoms with Gasteiger partial charge in [-0.1, -0.05) is 11.6 Å². The van der Waals surface area contributed by atoms with Gasteiger partial charge in [0, 0.05) is 17.6 Å². The minimum atomic E-state index is -0.655. The van der Waals surface area contributed by atoms with Crippen molar-refractivity contribution in [2.45, 2.75) is 25.0 Å². The van der Waals surface area contributed by atoms with E-state index in [1.165, 1.54) is 12.1 Å². The summed E-state index contributed by atoms with van der Waals surface area (Å²) >= 11 is 5.81. The van der Waals surface area contributed by atoms with Crippen LogP contribution < -0.4 is 0 Å². The molecule has 7 heteroatoms. The van der Waals surface area contributed by atoms with Gasteiger partial charge in [0.05, 0.1) is 22.6 Å². The molecule has 0 saturated heterocycles. The molecule has 2 aromatic rings. The van der Waals surface area contributed by atoms with Crippen LogP contribution in [-0.2, 0) is 6.54 Å². The zero-order valence-electron chi connectivity index (χ0n) is 9.34. The number of fused-ring (bicyclic) bond motifs is 1. The Kier molecular flexibility index (Phi) is 2.33. The van der Waals surface area contributed by atoms with E-state index in [1.807, 2.05) is 0 Å². The number of hydrogen-bond acceptors (Lipinski definition) is 4. The first-order valence-corrected chi connectivity index (χ1v) is 5.88. The predicted molar refractivity (Wildman–Crippen MR) is 65.6 cm³/mol. The van der Waals surface area contributed by atoms with Crippen molar-refractivity contribution in [3.05, 3.63) is 33.5 Å². The van der Waals surface area contributed by atoms with Crippen LogP contribution in [0.25, 0.3) is 10.9 Å². The molecule has 0 unspecified atom stereocenters. The van der Waals surface area contributed by atoms with Crippen molar-refractivity contribution in [3.63, 3.8) is 0 Å². The maximum absolute atomic E-state index is 10.8. The zero-order valence-corrected chi connectivity index (χ0v) is 10.1. The SMILES string of the molecule is O=[N+]([O-])c1cc2cn(CC3(O)CC3)nc2cc1Cl. The van der Waals surface area contributed by atoms with Crippen LogP contribution in [0.1, 0.15) is 12.8 Å². The first-order valence-electron chi connectivity index (χ1n) is 5.50. The summed E-state index contributed by atoms with van der Waals surface area (Å²) in [5.41, 5.74) is -0.193. The first kappa shape index (κ1) is 11.4. The highest BCUT2D eigenvalue weighted by Crippen LogP contribution is 2.37. The predicted octanol–water partition coefficient (Wildman–Crippen LogP) is 2.12. The molecule has 1 saturated carbocycles. The maximum atomic E-state index is 10.8. The average molecular weight is 268 g/mol. The van der Waals surface area contributed by atoms with Crippen LogP contribution in [0.15, 0.2) is 18.3 Å². The first-order chi connectivity index (χ1) is 8.47. The highest BCUT2D eigenvalue weighted by molar-refractivity contribution is 6.33. The molecule has 0 aliphatic heterocycles. The molecule has 1 aromatic carbocycles. The van der Waals surface area contributed by atoms with E-state index in [4.69, 9.17) is 11.6 Å². The molecule has 0 atom stereocenters. The number of benzene rings is 1. The van der Waals surface area contributed by atoms with Gasteiger partial charge in [0.25, 0.3) is 5.69 Å². The summed E-state index contributed by atoms with van der Waals surface area (Å²) in [7, 11) is 0. The Balaban J connectivity index is 2.03. The van der Waals surface area contributed by atoms with Crippen molar-refractivity contribution in [2.24, 2.45) is 0 Å². The average Bonchev–Trinajstić information content (AvgIpc) is 2.87. The maximum Gasteiger partial charge on any atom is 0.288 e. The van der Waals surface area contributed by atoms with Crippen LogP contribution >= 0.6 is 11.6 Å². The monoisotopic (exact) mass is 267 g/mol. The molecule has 1 fully saturated rings. The standard InChI is InChI=1S/C11H10ClN3O3/c12-8-4-9-7(3-10(8)15(17)18)5-14(13-9)6-11(16)1-2-11/h3-5,16H,1-2,6H2. The van der Waals surface area contributed by atoms with Crippen LogP contribution in [0.3, 0.4) is 0 Å². The van der Waals surface area contributed by atoms with Gasteiger partial charge in [-0.2, -0.15) is 5.10 Å². The number of halogens is 1. The molecule has 1 aromatic heterocycles. The fourth-order valence-corrected chi connectivity index (χ4v) is 2.14. The Bertz CT molecular complexity index is 648. The number of hydrogen-bond donors (Lipinski definition) is 1. The molecular formula is C11H10ClN3O3. The number of aromatic nitrogens is 2. The minimum Gasteiger partial charge on any atom is -0.388 e. The quantitative estimate of drug-likeness (QED) is 0.682. The zero-order chi connectivity index (χ0) is 12.9. The highest BCUT2D eigenvalue weighted by atomic mass is 35.5. The van der Waals surface area contributed by atoms with E-state index in [0.717, 1.165) is 12.8 Å². The van der Waals surface area contributed by atoms with Crippen LogP contribution in [0.4, 0.5) is 5.69 Å². The van der Waals surface area contributed by atoms with Gasteiger partial charge in [0.15, 0.2) is 0 Å². The van der Waals surface area contributed by atoms with Crippen molar-refractivity contribution in [1.82, 2.24) is 9.78 Å². The molecule has 1 N–H and O–H groups in total. The van der Waals surface area contributed by atoms with E-state index in [-0.39, 0.29) is 10.7 Å². The number of nitro benzene ring substituents is 1. The molecule has 1 heterocycles. The van der Waals surface area contributed by atoms with Crippen molar-refractivity contribution >= 4 is 28.2 Å². The van der Waals surface area contributed by atoms with E-state index >= 15 is 0 Å². The third-order valence-electron chi connectivity index (χ3n) is 3.10. The van der Waals surface area contributed by atoms with E-state index in [1.54, 1.807) is 10.9 Å². The molecule has 0 spiro atoms. The summed E-state index contributed by atoms with van der Waals surface area (Å²) in [6, 6.07) is 2.88. The Morgan fingerprint density at radius 2 is 2.28 bits per heavy atom. The fraction of sp³-hybridized carbons (Fsp3) is 0.364. The van der Waals surface area contributed by atoms with Gasteiger partial charge in [0.1, 0.15) is 5.02 Å². The van der Waals surface area contributed by atoms with Crippen molar-refractivity contribution in [1.29, 1.82) is 0 Å². The fourth-order valence-electron chi connectivity index (χ4n) is 1.91. The number of aliphatic hydroxyl groups is 1. The topological polar surface area (TPSA) is 81.2 Å². The number of nitro groups is 1.